The van der Waals surface area contributed by atoms with Gasteiger partial charge in [-0.25, -0.2) is 0 Å². The van der Waals surface area contributed by atoms with Crippen molar-refractivity contribution in [1.82, 2.24) is 4.90 Å². The summed E-state index contributed by atoms with van der Waals surface area (Å²) in [6.07, 6.45) is 2.32. The van der Waals surface area contributed by atoms with E-state index in [4.69, 9.17) is 10.5 Å². The van der Waals surface area contributed by atoms with Crippen LogP contribution in [0.15, 0.2) is 24.3 Å². The first-order valence-corrected chi connectivity index (χ1v) is 6.46. The van der Waals surface area contributed by atoms with Gasteiger partial charge in [0.05, 0.1) is 6.61 Å². The van der Waals surface area contributed by atoms with Crippen molar-refractivity contribution < 1.29 is 4.74 Å². The van der Waals surface area contributed by atoms with Crippen LogP contribution in [0.5, 0.6) is 0 Å². The number of benzene rings is 1. The lowest BCUT2D eigenvalue weighted by Gasteiger charge is -2.27. The normalized spacial score (nSPS) is 20.0. The molecule has 1 fully saturated rings. The smallest absolute Gasteiger partial charge is 0.0622 e. The van der Waals surface area contributed by atoms with Crippen LogP contribution in [0.25, 0.3) is 0 Å². The molecule has 0 bridgehead atoms. The van der Waals surface area contributed by atoms with E-state index in [1.807, 2.05) is 12.1 Å². The van der Waals surface area contributed by atoms with Gasteiger partial charge in [0.15, 0.2) is 0 Å². The first-order chi connectivity index (χ1) is 8.31. The average molecular weight is 234 g/mol. The Morgan fingerprint density at radius 1 is 1.41 bits per heavy atom. The fourth-order valence-electron chi connectivity index (χ4n) is 2.38. The van der Waals surface area contributed by atoms with Gasteiger partial charge in [-0.2, -0.15) is 0 Å². The first-order valence-electron chi connectivity index (χ1n) is 6.46. The van der Waals surface area contributed by atoms with Crippen LogP contribution in [0.4, 0.5) is 5.69 Å². The maximum absolute atomic E-state index is 6.01. The molecule has 0 saturated carbocycles. The van der Waals surface area contributed by atoms with Crippen LogP contribution in [0, 0.1) is 0 Å². The lowest BCUT2D eigenvalue weighted by Crippen LogP contribution is -2.35. The van der Waals surface area contributed by atoms with Crippen molar-refractivity contribution in [2.45, 2.75) is 32.4 Å². The van der Waals surface area contributed by atoms with E-state index in [-0.39, 0.29) is 0 Å². The lowest BCUT2D eigenvalue weighted by atomic mass is 10.1. The number of rotatable bonds is 5. The quantitative estimate of drug-likeness (QED) is 0.794. The van der Waals surface area contributed by atoms with E-state index in [1.54, 1.807) is 0 Å². The number of nitrogen functional groups attached to an aromatic ring is 1. The Bertz CT molecular complexity index is 348. The molecular weight excluding hydrogens is 212 g/mol. The zero-order valence-corrected chi connectivity index (χ0v) is 10.6. The van der Waals surface area contributed by atoms with Gasteiger partial charge in [-0.15, -0.1) is 0 Å². The summed E-state index contributed by atoms with van der Waals surface area (Å²) in [6, 6.07) is 8.70. The largest absolute Gasteiger partial charge is 0.398 e. The molecule has 3 heteroatoms. The Balaban J connectivity index is 2.04. The molecule has 0 amide bonds. The molecule has 1 saturated heterocycles. The van der Waals surface area contributed by atoms with E-state index in [9.17, 15) is 0 Å². The Morgan fingerprint density at radius 3 is 2.88 bits per heavy atom. The molecule has 2 rings (SSSR count). The molecule has 94 valence electrons. The Kier molecular flexibility index (Phi) is 4.40. The Labute approximate surface area is 104 Å². The van der Waals surface area contributed by atoms with E-state index < -0.39 is 0 Å². The standard InChI is InChI=1S/C14H22N2O/c1-2-8-16(13-7-9-17-11-13)10-12-5-3-4-6-14(12)15/h3-6,13H,2,7-11,15H2,1H3. The van der Waals surface area contributed by atoms with Gasteiger partial charge in [0.25, 0.3) is 0 Å². The van der Waals surface area contributed by atoms with Crippen molar-refractivity contribution in [3.05, 3.63) is 29.8 Å². The molecule has 1 aliphatic rings. The number of anilines is 1. The molecule has 0 aromatic heterocycles. The monoisotopic (exact) mass is 234 g/mol. The van der Waals surface area contributed by atoms with Crippen LogP contribution in [0.2, 0.25) is 0 Å². The summed E-state index contributed by atoms with van der Waals surface area (Å²) in [5.41, 5.74) is 8.13. The van der Waals surface area contributed by atoms with Crippen molar-refractivity contribution in [1.29, 1.82) is 0 Å². The molecule has 1 aliphatic heterocycles. The molecule has 17 heavy (non-hydrogen) atoms. The van der Waals surface area contributed by atoms with Crippen LogP contribution in [0.3, 0.4) is 0 Å². The molecule has 0 aliphatic carbocycles. The summed E-state index contributed by atoms with van der Waals surface area (Å²) < 4.78 is 5.48. The number of ether oxygens (including phenoxy) is 1. The minimum Gasteiger partial charge on any atom is -0.398 e. The SMILES string of the molecule is CCCN(Cc1ccccc1N)C1CCOC1. The number of para-hydroxylation sites is 1. The number of nitrogens with zero attached hydrogens (tertiary/aromatic N) is 1. The highest BCUT2D eigenvalue weighted by Crippen LogP contribution is 2.19. The third-order valence-corrected chi connectivity index (χ3v) is 3.36. The second kappa shape index (κ2) is 6.03. The molecule has 2 N–H and O–H groups in total. The van der Waals surface area contributed by atoms with Gasteiger partial charge in [-0.05, 0) is 31.0 Å². The number of hydrogen-bond donors (Lipinski definition) is 1. The number of hydrogen-bond acceptors (Lipinski definition) is 3. The molecule has 0 radical (unpaired) electrons. The maximum atomic E-state index is 6.01. The third kappa shape index (κ3) is 3.20. The van der Waals surface area contributed by atoms with Gasteiger partial charge >= 0.3 is 0 Å². The predicted octanol–water partition coefficient (Wildman–Crippen LogP) is 2.27. The molecular formula is C14H22N2O. The topological polar surface area (TPSA) is 38.5 Å². The molecule has 1 atom stereocenters. The fraction of sp³-hybridized carbons (Fsp3) is 0.571. The van der Waals surface area contributed by atoms with Crippen molar-refractivity contribution in [3.63, 3.8) is 0 Å². The van der Waals surface area contributed by atoms with Gasteiger partial charge in [0.2, 0.25) is 0 Å². The van der Waals surface area contributed by atoms with Gasteiger partial charge in [-0.1, -0.05) is 25.1 Å². The van der Waals surface area contributed by atoms with E-state index in [2.05, 4.69) is 24.0 Å². The molecule has 0 spiro atoms. The zero-order chi connectivity index (χ0) is 12.1. The van der Waals surface area contributed by atoms with Crippen molar-refractivity contribution in [2.24, 2.45) is 0 Å². The molecule has 1 heterocycles. The van der Waals surface area contributed by atoms with Crippen LogP contribution in [-0.2, 0) is 11.3 Å². The van der Waals surface area contributed by atoms with Crippen LogP contribution in [-0.4, -0.2) is 30.7 Å². The molecule has 1 aromatic carbocycles. The van der Waals surface area contributed by atoms with Gasteiger partial charge in [-0.3, -0.25) is 4.90 Å². The highest BCUT2D eigenvalue weighted by atomic mass is 16.5. The summed E-state index contributed by atoms with van der Waals surface area (Å²) in [4.78, 5) is 2.50. The Hall–Kier alpha value is -1.06. The number of nitrogens with two attached hydrogens (primary N) is 1. The van der Waals surface area contributed by atoms with Gasteiger partial charge in [0, 0.05) is 24.9 Å². The minimum absolute atomic E-state index is 0.564. The van der Waals surface area contributed by atoms with E-state index >= 15 is 0 Å². The Morgan fingerprint density at radius 2 is 2.24 bits per heavy atom. The van der Waals surface area contributed by atoms with Crippen molar-refractivity contribution >= 4 is 5.69 Å². The molecule has 3 nitrogen and oxygen atoms in total. The predicted molar refractivity (Wildman–Crippen MR) is 70.8 cm³/mol. The van der Waals surface area contributed by atoms with Crippen molar-refractivity contribution in [3.8, 4) is 0 Å². The van der Waals surface area contributed by atoms with Gasteiger partial charge < -0.3 is 10.5 Å². The van der Waals surface area contributed by atoms with Gasteiger partial charge in [0.1, 0.15) is 0 Å². The van der Waals surface area contributed by atoms with Crippen LogP contribution < -0.4 is 5.73 Å². The lowest BCUT2D eigenvalue weighted by molar-refractivity contribution is 0.139. The van der Waals surface area contributed by atoms with Crippen molar-refractivity contribution in [2.75, 3.05) is 25.5 Å². The van der Waals surface area contributed by atoms with Crippen LogP contribution in [0.1, 0.15) is 25.3 Å². The maximum Gasteiger partial charge on any atom is 0.0622 e. The summed E-state index contributed by atoms with van der Waals surface area (Å²) in [6.45, 7) is 6.04. The summed E-state index contributed by atoms with van der Waals surface area (Å²) in [5, 5.41) is 0. The second-order valence-electron chi connectivity index (χ2n) is 4.69. The fourth-order valence-corrected chi connectivity index (χ4v) is 2.38. The summed E-state index contributed by atoms with van der Waals surface area (Å²) in [7, 11) is 0. The molecule has 1 unspecified atom stereocenters. The highest BCUT2D eigenvalue weighted by molar-refractivity contribution is 5.46. The highest BCUT2D eigenvalue weighted by Gasteiger charge is 2.22. The average Bonchev–Trinajstić information content (AvgIpc) is 2.85. The van der Waals surface area contributed by atoms with Crippen LogP contribution >= 0.6 is 0 Å². The van der Waals surface area contributed by atoms with E-state index in [0.717, 1.165) is 38.4 Å². The van der Waals surface area contributed by atoms with E-state index in [1.165, 1.54) is 12.0 Å². The van der Waals surface area contributed by atoms with E-state index in [0.29, 0.717) is 6.04 Å². The third-order valence-electron chi connectivity index (χ3n) is 3.36. The molecule has 1 aromatic rings. The zero-order valence-electron chi connectivity index (χ0n) is 10.6. The summed E-state index contributed by atoms with van der Waals surface area (Å²) >= 11 is 0. The first kappa shape index (κ1) is 12.4. The second-order valence-corrected chi connectivity index (χ2v) is 4.69. The summed E-state index contributed by atoms with van der Waals surface area (Å²) in [5.74, 6) is 0. The minimum atomic E-state index is 0.564.